The van der Waals surface area contributed by atoms with Crippen LogP contribution in [0.1, 0.15) is 13.3 Å². The number of hydrogen-bond donors (Lipinski definition) is 2. The highest BCUT2D eigenvalue weighted by Crippen LogP contribution is 2.15. The minimum Gasteiger partial charge on any atom is -0.399 e. The lowest BCUT2D eigenvalue weighted by atomic mass is 10.3. The second kappa shape index (κ2) is 6.44. The van der Waals surface area contributed by atoms with E-state index in [0.717, 1.165) is 12.1 Å². The van der Waals surface area contributed by atoms with Crippen molar-refractivity contribution in [3.63, 3.8) is 0 Å². The summed E-state index contributed by atoms with van der Waals surface area (Å²) in [5, 5.41) is -0.111. The zero-order chi connectivity index (χ0) is 14.6. The van der Waals surface area contributed by atoms with E-state index in [1.54, 1.807) is 13.2 Å². The van der Waals surface area contributed by atoms with Crippen LogP contribution in [0.15, 0.2) is 23.1 Å². The highest BCUT2D eigenvalue weighted by molar-refractivity contribution is 7.89. The van der Waals surface area contributed by atoms with E-state index in [2.05, 4.69) is 4.72 Å². The molecule has 0 aliphatic carbocycles. The first-order chi connectivity index (χ1) is 8.72. The fourth-order valence-corrected chi connectivity index (χ4v) is 2.95. The Bertz CT molecular complexity index is 555. The Morgan fingerprint density at radius 2 is 2.05 bits per heavy atom. The molecule has 1 aromatic rings. The molecule has 1 rings (SSSR count). The molecule has 0 fully saturated rings. The van der Waals surface area contributed by atoms with Crippen molar-refractivity contribution in [3.05, 3.63) is 24.0 Å². The molecule has 0 aliphatic heterocycles. The van der Waals surface area contributed by atoms with Crippen molar-refractivity contribution in [2.24, 2.45) is 0 Å². The smallest absolute Gasteiger partial charge is 0.240 e. The molecule has 0 aliphatic rings. The van der Waals surface area contributed by atoms with E-state index in [0.29, 0.717) is 6.42 Å². The molecule has 2 atom stereocenters. The van der Waals surface area contributed by atoms with Gasteiger partial charge in [-0.25, -0.2) is 17.5 Å². The molecule has 108 valence electrons. The van der Waals surface area contributed by atoms with Crippen molar-refractivity contribution in [2.45, 2.75) is 23.5 Å². The summed E-state index contributed by atoms with van der Waals surface area (Å²) in [6.45, 7) is 1.91. The van der Waals surface area contributed by atoms with Gasteiger partial charge in [-0.2, -0.15) is 0 Å². The van der Waals surface area contributed by atoms with Gasteiger partial charge in [0.05, 0.1) is 4.90 Å². The van der Waals surface area contributed by atoms with E-state index in [4.69, 9.17) is 5.73 Å². The van der Waals surface area contributed by atoms with Crippen LogP contribution in [0.3, 0.4) is 0 Å². The number of halogens is 1. The molecule has 0 amide bonds. The van der Waals surface area contributed by atoms with Crippen LogP contribution in [-0.4, -0.2) is 30.7 Å². The Labute approximate surface area is 114 Å². The van der Waals surface area contributed by atoms with Crippen LogP contribution in [0.25, 0.3) is 0 Å². The molecule has 0 radical (unpaired) electrons. The van der Waals surface area contributed by atoms with Gasteiger partial charge in [0.1, 0.15) is 5.82 Å². The summed E-state index contributed by atoms with van der Waals surface area (Å²) in [5.74, 6) is -0.705. The first-order valence-corrected chi connectivity index (χ1v) is 8.71. The third-order valence-electron chi connectivity index (χ3n) is 2.61. The molecule has 0 saturated carbocycles. The van der Waals surface area contributed by atoms with Gasteiger partial charge in [0.15, 0.2) is 0 Å². The molecule has 0 aromatic heterocycles. The van der Waals surface area contributed by atoms with Crippen molar-refractivity contribution in [2.75, 3.05) is 18.5 Å². The molecule has 5 nitrogen and oxygen atoms in total. The van der Waals surface area contributed by atoms with Crippen molar-refractivity contribution in [3.8, 4) is 0 Å². The minimum absolute atomic E-state index is 0.0448. The zero-order valence-corrected chi connectivity index (χ0v) is 12.4. The number of benzene rings is 1. The van der Waals surface area contributed by atoms with E-state index in [1.807, 2.05) is 0 Å². The van der Waals surface area contributed by atoms with Crippen LogP contribution in [-0.2, 0) is 20.8 Å². The van der Waals surface area contributed by atoms with Crippen LogP contribution in [0.2, 0.25) is 0 Å². The molecule has 0 spiro atoms. The van der Waals surface area contributed by atoms with Crippen LogP contribution < -0.4 is 10.5 Å². The van der Waals surface area contributed by atoms with Crippen molar-refractivity contribution in [1.29, 1.82) is 0 Å². The van der Waals surface area contributed by atoms with Crippen LogP contribution in [0, 0.1) is 5.82 Å². The number of sulfonamides is 1. The summed E-state index contributed by atoms with van der Waals surface area (Å²) in [6.07, 6.45) is 2.00. The van der Waals surface area contributed by atoms with Crippen LogP contribution in [0.5, 0.6) is 0 Å². The number of nitrogens with one attached hydrogen (secondary N) is 1. The van der Waals surface area contributed by atoms with Crippen molar-refractivity contribution >= 4 is 26.5 Å². The standard InChI is InChI=1S/C11H17FN2O3S2/c1-8(18(2)15)3-4-14-19(16,17)11-6-9(12)5-10(13)7-11/h5-8,14H,3-4,13H2,1-2H3. The van der Waals surface area contributed by atoms with Gasteiger partial charge in [-0.05, 0) is 24.6 Å². The number of nitrogen functional groups attached to an aromatic ring is 1. The highest BCUT2D eigenvalue weighted by atomic mass is 32.2. The van der Waals surface area contributed by atoms with E-state index < -0.39 is 26.6 Å². The van der Waals surface area contributed by atoms with E-state index >= 15 is 0 Å². The summed E-state index contributed by atoms with van der Waals surface area (Å²) in [5.41, 5.74) is 5.45. The first-order valence-electron chi connectivity index (χ1n) is 5.60. The molecular weight excluding hydrogens is 291 g/mol. The lowest BCUT2D eigenvalue weighted by Gasteiger charge is -2.10. The molecule has 0 bridgehead atoms. The maximum absolute atomic E-state index is 13.1. The Morgan fingerprint density at radius 1 is 1.42 bits per heavy atom. The van der Waals surface area contributed by atoms with Crippen molar-refractivity contribution in [1.82, 2.24) is 4.72 Å². The topological polar surface area (TPSA) is 89.3 Å². The number of rotatable bonds is 6. The van der Waals surface area contributed by atoms with Gasteiger partial charge in [0, 0.05) is 34.5 Å². The molecule has 0 saturated heterocycles. The quantitative estimate of drug-likeness (QED) is 0.762. The average Bonchev–Trinajstić information content (AvgIpc) is 2.27. The lowest BCUT2D eigenvalue weighted by molar-refractivity contribution is 0.574. The number of hydrogen-bond acceptors (Lipinski definition) is 4. The summed E-state index contributed by atoms with van der Waals surface area (Å²) in [7, 11) is -4.80. The third-order valence-corrected chi connectivity index (χ3v) is 5.42. The fraction of sp³-hybridized carbons (Fsp3) is 0.455. The maximum atomic E-state index is 13.1. The lowest BCUT2D eigenvalue weighted by Crippen LogP contribution is -2.27. The second-order valence-corrected chi connectivity index (χ2v) is 7.78. The third kappa shape index (κ3) is 4.88. The normalized spacial score (nSPS) is 15.1. The summed E-state index contributed by atoms with van der Waals surface area (Å²) in [6, 6.07) is 3.13. The zero-order valence-electron chi connectivity index (χ0n) is 10.7. The predicted molar refractivity (Wildman–Crippen MR) is 74.1 cm³/mol. The average molecular weight is 308 g/mol. The molecule has 8 heteroatoms. The molecule has 3 N–H and O–H groups in total. The molecule has 1 aromatic carbocycles. The Kier molecular flexibility index (Phi) is 5.45. The van der Waals surface area contributed by atoms with Gasteiger partial charge in [-0.15, -0.1) is 0 Å². The summed E-state index contributed by atoms with van der Waals surface area (Å²) in [4.78, 5) is -0.213. The Hall–Kier alpha value is -0.990. The maximum Gasteiger partial charge on any atom is 0.240 e. The van der Waals surface area contributed by atoms with E-state index in [-0.39, 0.29) is 22.4 Å². The summed E-state index contributed by atoms with van der Waals surface area (Å²) < 4.78 is 50.3. The highest BCUT2D eigenvalue weighted by Gasteiger charge is 2.16. The van der Waals surface area contributed by atoms with Crippen LogP contribution in [0.4, 0.5) is 10.1 Å². The molecule has 19 heavy (non-hydrogen) atoms. The Balaban J connectivity index is 2.73. The van der Waals surface area contributed by atoms with Gasteiger partial charge in [0.25, 0.3) is 0 Å². The van der Waals surface area contributed by atoms with Gasteiger partial charge >= 0.3 is 0 Å². The largest absolute Gasteiger partial charge is 0.399 e. The molecule has 2 unspecified atom stereocenters. The predicted octanol–water partition coefficient (Wildman–Crippen LogP) is 0.843. The fourth-order valence-electron chi connectivity index (χ4n) is 1.39. The SMILES string of the molecule is CC(CCNS(=O)(=O)c1cc(N)cc(F)c1)S(C)=O. The van der Waals surface area contributed by atoms with Crippen molar-refractivity contribution < 1.29 is 17.0 Å². The van der Waals surface area contributed by atoms with Gasteiger partial charge in [-0.3, -0.25) is 4.21 Å². The van der Waals surface area contributed by atoms with E-state index in [9.17, 15) is 17.0 Å². The second-order valence-electron chi connectivity index (χ2n) is 4.22. The van der Waals surface area contributed by atoms with Gasteiger partial charge in [0.2, 0.25) is 10.0 Å². The van der Waals surface area contributed by atoms with E-state index in [1.165, 1.54) is 6.07 Å². The molecular formula is C11H17FN2O3S2. The van der Waals surface area contributed by atoms with Gasteiger partial charge in [-0.1, -0.05) is 6.92 Å². The molecule has 0 heterocycles. The van der Waals surface area contributed by atoms with Crippen LogP contribution >= 0.6 is 0 Å². The number of anilines is 1. The first kappa shape index (κ1) is 16.1. The number of nitrogens with two attached hydrogens (primary N) is 1. The summed E-state index contributed by atoms with van der Waals surface area (Å²) >= 11 is 0. The Morgan fingerprint density at radius 3 is 2.58 bits per heavy atom. The minimum atomic E-state index is -3.80. The van der Waals surface area contributed by atoms with Gasteiger partial charge < -0.3 is 5.73 Å². The monoisotopic (exact) mass is 308 g/mol.